The summed E-state index contributed by atoms with van der Waals surface area (Å²) in [7, 11) is 5.11. The molecule has 5 rings (SSSR count). The molecule has 4 aromatic heterocycles. The molecule has 0 saturated carbocycles. The number of benzene rings is 1. The molecule has 0 atom stereocenters. The number of aryl methyl sites for hydroxylation is 1. The minimum Gasteiger partial charge on any atom is -0.497 e. The lowest BCUT2D eigenvalue weighted by Crippen LogP contribution is -2.21. The summed E-state index contributed by atoms with van der Waals surface area (Å²) in [6.45, 7) is 1.92. The van der Waals surface area contributed by atoms with Crippen molar-refractivity contribution in [1.82, 2.24) is 34.7 Å². The van der Waals surface area contributed by atoms with E-state index in [1.54, 1.807) is 36.9 Å². The molecule has 1 amide bonds. The Morgan fingerprint density at radius 1 is 1.26 bits per heavy atom. The molecular formula is C21H19N7O2S. The molecule has 0 unspecified atom stereocenters. The van der Waals surface area contributed by atoms with Crippen molar-refractivity contribution >= 4 is 33.1 Å². The van der Waals surface area contributed by atoms with Gasteiger partial charge in [0.25, 0.3) is 5.91 Å². The van der Waals surface area contributed by atoms with Crippen LogP contribution in [0.5, 0.6) is 5.75 Å². The van der Waals surface area contributed by atoms with Crippen molar-refractivity contribution in [3.05, 3.63) is 47.1 Å². The van der Waals surface area contributed by atoms with Gasteiger partial charge in [-0.25, -0.2) is 14.5 Å². The van der Waals surface area contributed by atoms with E-state index in [1.165, 1.54) is 11.3 Å². The van der Waals surface area contributed by atoms with Crippen LogP contribution >= 0.6 is 11.3 Å². The first-order valence-electron chi connectivity index (χ1n) is 9.52. The van der Waals surface area contributed by atoms with E-state index in [1.807, 2.05) is 37.3 Å². The molecule has 0 aliphatic carbocycles. The Bertz CT molecular complexity index is 1450. The molecule has 9 nitrogen and oxygen atoms in total. The molecule has 0 bridgehead atoms. The first-order valence-corrected chi connectivity index (χ1v) is 10.3. The monoisotopic (exact) mass is 433 g/mol. The average Bonchev–Trinajstić information content (AvgIpc) is 3.49. The minimum atomic E-state index is -0.0464. The second kappa shape index (κ2) is 7.17. The molecule has 0 radical (unpaired) electrons. The molecule has 5 aromatic rings. The van der Waals surface area contributed by atoms with Crippen LogP contribution in [0.1, 0.15) is 15.2 Å². The summed E-state index contributed by atoms with van der Waals surface area (Å²) >= 11 is 1.37. The molecule has 0 fully saturated rings. The van der Waals surface area contributed by atoms with Gasteiger partial charge in [-0.15, -0.1) is 16.4 Å². The van der Waals surface area contributed by atoms with Crippen LogP contribution in [0, 0.1) is 6.92 Å². The number of nitrogens with one attached hydrogen (secondary N) is 1. The first kappa shape index (κ1) is 19.2. The van der Waals surface area contributed by atoms with E-state index < -0.39 is 0 Å². The molecule has 4 heterocycles. The van der Waals surface area contributed by atoms with Crippen molar-refractivity contribution in [1.29, 1.82) is 0 Å². The summed E-state index contributed by atoms with van der Waals surface area (Å²) in [5, 5.41) is 12.8. The third kappa shape index (κ3) is 3.12. The lowest BCUT2D eigenvalue weighted by molar-refractivity contribution is 0.0831. The number of aromatic nitrogens is 6. The maximum atomic E-state index is 12.5. The highest BCUT2D eigenvalue weighted by molar-refractivity contribution is 7.20. The van der Waals surface area contributed by atoms with E-state index in [0.717, 1.165) is 32.8 Å². The number of hydrogen-bond acceptors (Lipinski definition) is 7. The topological polar surface area (TPSA) is 101 Å². The summed E-state index contributed by atoms with van der Waals surface area (Å²) in [5.41, 5.74) is 3.89. The van der Waals surface area contributed by atoms with Gasteiger partial charge in [-0.1, -0.05) is 12.1 Å². The highest BCUT2D eigenvalue weighted by Crippen LogP contribution is 2.33. The number of nitrogens with zero attached hydrogens (tertiary/aromatic N) is 6. The highest BCUT2D eigenvalue weighted by atomic mass is 32.1. The number of ether oxygens (including phenoxy) is 1. The number of methoxy groups -OCH3 is 1. The zero-order chi connectivity index (χ0) is 21.7. The third-order valence-electron chi connectivity index (χ3n) is 5.05. The Balaban J connectivity index is 1.60. The predicted octanol–water partition coefficient (Wildman–Crippen LogP) is 3.41. The van der Waals surface area contributed by atoms with Crippen molar-refractivity contribution in [2.24, 2.45) is 0 Å². The standard InChI is InChI=1S/C21H19N7O2S/c1-11-16-19-23-18(15-9-14(24-25-15)12-6-5-7-13(8-12)30-4)26-28(19)10-22-20(16)31-17(11)21(29)27(2)3/h5-10H,1-4H3,(H,24,25). The maximum absolute atomic E-state index is 12.5. The largest absolute Gasteiger partial charge is 0.497 e. The number of hydrogen-bond donors (Lipinski definition) is 1. The van der Waals surface area contributed by atoms with Crippen molar-refractivity contribution < 1.29 is 9.53 Å². The Labute approximate surface area is 181 Å². The average molecular weight is 433 g/mol. The van der Waals surface area contributed by atoms with Crippen molar-refractivity contribution in [2.45, 2.75) is 6.92 Å². The van der Waals surface area contributed by atoms with Crippen LogP contribution in [-0.2, 0) is 0 Å². The number of aromatic amines is 1. The molecule has 10 heteroatoms. The number of amides is 1. The van der Waals surface area contributed by atoms with Crippen molar-refractivity contribution in [3.63, 3.8) is 0 Å². The molecule has 0 aliphatic heterocycles. The minimum absolute atomic E-state index is 0.0464. The first-order chi connectivity index (χ1) is 15.0. The molecule has 1 aromatic carbocycles. The van der Waals surface area contributed by atoms with E-state index in [4.69, 9.17) is 9.72 Å². The summed E-state index contributed by atoms with van der Waals surface area (Å²) in [4.78, 5) is 24.7. The SMILES string of the molecule is COc1cccc(-c2cc(-c3nc4c5c(C)c(C(=O)N(C)C)sc5ncn4n3)[nH]n2)c1. The normalized spacial score (nSPS) is 11.4. The lowest BCUT2D eigenvalue weighted by atomic mass is 10.1. The zero-order valence-electron chi connectivity index (χ0n) is 17.4. The summed E-state index contributed by atoms with van der Waals surface area (Å²) < 4.78 is 6.93. The van der Waals surface area contributed by atoms with Gasteiger partial charge in [0.15, 0.2) is 11.5 Å². The van der Waals surface area contributed by atoms with Gasteiger partial charge in [0.1, 0.15) is 22.6 Å². The van der Waals surface area contributed by atoms with Crippen LogP contribution in [0.4, 0.5) is 0 Å². The number of carbonyl (C=O) groups is 1. The molecule has 31 heavy (non-hydrogen) atoms. The van der Waals surface area contributed by atoms with Gasteiger partial charge >= 0.3 is 0 Å². The van der Waals surface area contributed by atoms with Crippen LogP contribution in [0.15, 0.2) is 36.7 Å². The summed E-state index contributed by atoms with van der Waals surface area (Å²) in [6, 6.07) is 9.58. The van der Waals surface area contributed by atoms with Gasteiger partial charge in [-0.2, -0.15) is 5.10 Å². The van der Waals surface area contributed by atoms with Crippen molar-refractivity contribution in [2.75, 3.05) is 21.2 Å². The number of H-pyrrole nitrogens is 1. The van der Waals surface area contributed by atoms with Crippen LogP contribution < -0.4 is 4.74 Å². The predicted molar refractivity (Wildman–Crippen MR) is 118 cm³/mol. The van der Waals surface area contributed by atoms with E-state index in [-0.39, 0.29) is 5.91 Å². The van der Waals surface area contributed by atoms with E-state index in [0.29, 0.717) is 22.0 Å². The van der Waals surface area contributed by atoms with E-state index in [9.17, 15) is 4.79 Å². The fourth-order valence-corrected chi connectivity index (χ4v) is 4.59. The number of thiophene rings is 1. The molecule has 0 spiro atoms. The Hall–Kier alpha value is -3.79. The van der Waals surface area contributed by atoms with Crippen molar-refractivity contribution in [3.8, 4) is 28.5 Å². The van der Waals surface area contributed by atoms with Crippen LogP contribution in [0.3, 0.4) is 0 Å². The van der Waals surface area contributed by atoms with Crippen LogP contribution in [0.2, 0.25) is 0 Å². The second-order valence-corrected chi connectivity index (χ2v) is 8.28. The molecule has 156 valence electrons. The Morgan fingerprint density at radius 2 is 2.10 bits per heavy atom. The zero-order valence-corrected chi connectivity index (χ0v) is 18.2. The number of fused-ring (bicyclic) bond motifs is 3. The molecule has 1 N–H and O–H groups in total. The smallest absolute Gasteiger partial charge is 0.263 e. The van der Waals surface area contributed by atoms with Gasteiger partial charge < -0.3 is 9.64 Å². The van der Waals surface area contributed by atoms with Gasteiger partial charge in [0.05, 0.1) is 23.1 Å². The molecule has 0 saturated heterocycles. The van der Waals surface area contributed by atoms with E-state index in [2.05, 4.69) is 20.3 Å². The quantitative estimate of drug-likeness (QED) is 0.466. The highest BCUT2D eigenvalue weighted by Gasteiger charge is 2.22. The maximum Gasteiger partial charge on any atom is 0.263 e. The summed E-state index contributed by atoms with van der Waals surface area (Å²) in [6.07, 6.45) is 1.62. The van der Waals surface area contributed by atoms with Crippen LogP contribution in [0.25, 0.3) is 38.6 Å². The molecule has 0 aliphatic rings. The van der Waals surface area contributed by atoms with Gasteiger partial charge in [-0.05, 0) is 30.7 Å². The van der Waals surface area contributed by atoms with Crippen LogP contribution in [-0.4, -0.2) is 61.8 Å². The van der Waals surface area contributed by atoms with E-state index >= 15 is 0 Å². The second-order valence-electron chi connectivity index (χ2n) is 7.28. The number of carbonyl (C=O) groups excluding carboxylic acids is 1. The van der Waals surface area contributed by atoms with Gasteiger partial charge in [0.2, 0.25) is 0 Å². The molecular weight excluding hydrogens is 414 g/mol. The Kier molecular flexibility index (Phi) is 4.44. The summed E-state index contributed by atoms with van der Waals surface area (Å²) in [5.74, 6) is 1.22. The third-order valence-corrected chi connectivity index (χ3v) is 6.24. The Morgan fingerprint density at radius 3 is 2.87 bits per heavy atom. The number of rotatable bonds is 4. The lowest BCUT2D eigenvalue weighted by Gasteiger charge is -2.08. The van der Waals surface area contributed by atoms with Gasteiger partial charge in [-0.3, -0.25) is 9.89 Å². The fourth-order valence-electron chi connectivity index (χ4n) is 3.42. The van der Waals surface area contributed by atoms with Gasteiger partial charge in [0, 0.05) is 19.7 Å². The fraction of sp³-hybridized carbons (Fsp3) is 0.190.